The van der Waals surface area contributed by atoms with Gasteiger partial charge in [0.25, 0.3) is 0 Å². The quantitative estimate of drug-likeness (QED) is 0.798. The number of carbonyl (C=O) groups excluding carboxylic acids is 1. The predicted molar refractivity (Wildman–Crippen MR) is 75.3 cm³/mol. The van der Waals surface area contributed by atoms with Gasteiger partial charge in [-0.3, -0.25) is 4.79 Å². The van der Waals surface area contributed by atoms with Crippen LogP contribution < -0.4 is 10.2 Å². The molecule has 6 heteroatoms. The van der Waals surface area contributed by atoms with E-state index in [1.54, 1.807) is 19.3 Å². The summed E-state index contributed by atoms with van der Waals surface area (Å²) in [5, 5.41) is 11.2. The lowest BCUT2D eigenvalue weighted by Gasteiger charge is -2.24. The number of amides is 1. The first kappa shape index (κ1) is 14.0. The van der Waals surface area contributed by atoms with E-state index in [9.17, 15) is 9.59 Å². The van der Waals surface area contributed by atoms with Crippen LogP contribution in [0.15, 0.2) is 24.4 Å². The summed E-state index contributed by atoms with van der Waals surface area (Å²) >= 11 is 0. The molecule has 1 aliphatic rings. The smallest absolute Gasteiger partial charge is 0.328 e. The van der Waals surface area contributed by atoms with Crippen LogP contribution in [0.1, 0.15) is 18.4 Å². The third kappa shape index (κ3) is 3.14. The highest BCUT2D eigenvalue weighted by molar-refractivity contribution is 5.86. The van der Waals surface area contributed by atoms with Gasteiger partial charge in [-0.25, -0.2) is 9.78 Å². The fourth-order valence-electron chi connectivity index (χ4n) is 2.31. The normalized spacial score (nSPS) is 18.4. The highest BCUT2D eigenvalue weighted by Gasteiger charge is 2.30. The van der Waals surface area contributed by atoms with Gasteiger partial charge >= 0.3 is 5.97 Å². The number of nitrogens with one attached hydrogen (secondary N) is 1. The Labute approximate surface area is 117 Å². The summed E-state index contributed by atoms with van der Waals surface area (Å²) in [6.45, 7) is 0.801. The topological polar surface area (TPSA) is 82.5 Å². The number of hydrogen-bond acceptors (Lipinski definition) is 4. The minimum Gasteiger partial charge on any atom is -0.478 e. The molecule has 6 nitrogen and oxygen atoms in total. The molecule has 20 heavy (non-hydrogen) atoms. The largest absolute Gasteiger partial charge is 0.478 e. The maximum Gasteiger partial charge on any atom is 0.328 e. The van der Waals surface area contributed by atoms with Gasteiger partial charge in [0.1, 0.15) is 11.9 Å². The van der Waals surface area contributed by atoms with E-state index in [4.69, 9.17) is 5.11 Å². The third-order valence-corrected chi connectivity index (χ3v) is 3.29. The van der Waals surface area contributed by atoms with Crippen LogP contribution in [-0.4, -0.2) is 41.6 Å². The van der Waals surface area contributed by atoms with Crippen LogP contribution in [0.4, 0.5) is 5.82 Å². The number of aliphatic carboxylic acids is 1. The zero-order valence-corrected chi connectivity index (χ0v) is 11.2. The van der Waals surface area contributed by atoms with Crippen molar-refractivity contribution in [3.8, 4) is 0 Å². The second-order valence-corrected chi connectivity index (χ2v) is 4.59. The van der Waals surface area contributed by atoms with Gasteiger partial charge in [-0.2, -0.15) is 0 Å². The summed E-state index contributed by atoms with van der Waals surface area (Å²) in [6.07, 6.45) is 5.94. The first-order chi connectivity index (χ1) is 9.61. The number of nitrogens with zero attached hydrogens (tertiary/aromatic N) is 2. The molecular formula is C14H17N3O3. The molecule has 1 amide bonds. The van der Waals surface area contributed by atoms with Gasteiger partial charge in [0, 0.05) is 25.9 Å². The molecule has 1 fully saturated rings. The zero-order valence-electron chi connectivity index (χ0n) is 11.2. The lowest BCUT2D eigenvalue weighted by atomic mass is 10.2. The number of likely N-dealkylation sites (N-methyl/N-ethyl adjacent to an activating group) is 1. The summed E-state index contributed by atoms with van der Waals surface area (Å²) in [4.78, 5) is 28.5. The Morgan fingerprint density at radius 3 is 2.90 bits per heavy atom. The van der Waals surface area contributed by atoms with E-state index in [2.05, 4.69) is 10.3 Å². The molecule has 1 atom stereocenters. The van der Waals surface area contributed by atoms with Crippen molar-refractivity contribution in [2.24, 2.45) is 0 Å². The number of rotatable bonds is 4. The van der Waals surface area contributed by atoms with Crippen molar-refractivity contribution < 1.29 is 14.7 Å². The van der Waals surface area contributed by atoms with Crippen LogP contribution in [-0.2, 0) is 9.59 Å². The lowest BCUT2D eigenvalue weighted by Crippen LogP contribution is -2.42. The first-order valence-corrected chi connectivity index (χ1v) is 6.47. The minimum absolute atomic E-state index is 0.000787. The van der Waals surface area contributed by atoms with Gasteiger partial charge < -0.3 is 15.3 Å². The van der Waals surface area contributed by atoms with Crippen molar-refractivity contribution in [2.75, 3.05) is 18.5 Å². The fraction of sp³-hybridized carbons (Fsp3) is 0.357. The Morgan fingerprint density at radius 1 is 1.50 bits per heavy atom. The standard InChI is InChI=1S/C14H17N3O3/c1-15-14(20)11-3-2-8-17(11)12-6-4-10(9-16-12)5-7-13(18)19/h4-7,9,11H,2-3,8H2,1H3,(H,15,20)(H,18,19)/b7-5+. The van der Waals surface area contributed by atoms with Crippen molar-refractivity contribution in [2.45, 2.75) is 18.9 Å². The summed E-state index contributed by atoms with van der Waals surface area (Å²) in [7, 11) is 1.63. The number of pyridine rings is 1. The Bertz CT molecular complexity index is 525. The van der Waals surface area contributed by atoms with E-state index >= 15 is 0 Å². The van der Waals surface area contributed by atoms with E-state index in [-0.39, 0.29) is 11.9 Å². The van der Waals surface area contributed by atoms with Crippen LogP contribution in [0.2, 0.25) is 0 Å². The van der Waals surface area contributed by atoms with Gasteiger partial charge in [0.15, 0.2) is 0 Å². The van der Waals surface area contributed by atoms with Crippen molar-refractivity contribution >= 4 is 23.8 Å². The molecule has 0 aliphatic carbocycles. The molecule has 106 valence electrons. The Morgan fingerprint density at radius 2 is 2.30 bits per heavy atom. The molecule has 2 heterocycles. The highest BCUT2D eigenvalue weighted by Crippen LogP contribution is 2.24. The van der Waals surface area contributed by atoms with E-state index in [0.29, 0.717) is 5.56 Å². The number of carboxylic acid groups (broad SMARTS) is 1. The molecule has 0 saturated carbocycles. The molecule has 0 bridgehead atoms. The molecule has 0 radical (unpaired) electrons. The number of hydrogen-bond donors (Lipinski definition) is 2. The second-order valence-electron chi connectivity index (χ2n) is 4.59. The van der Waals surface area contributed by atoms with Crippen LogP contribution in [0.3, 0.4) is 0 Å². The summed E-state index contributed by atoms with van der Waals surface area (Å²) in [5.41, 5.74) is 0.715. The molecule has 1 aromatic rings. The maximum atomic E-state index is 11.8. The van der Waals surface area contributed by atoms with Crippen LogP contribution in [0.5, 0.6) is 0 Å². The van der Waals surface area contributed by atoms with Crippen molar-refractivity contribution in [1.82, 2.24) is 10.3 Å². The molecule has 1 aromatic heterocycles. The molecule has 1 unspecified atom stereocenters. The molecule has 0 spiro atoms. The molecular weight excluding hydrogens is 258 g/mol. The van der Waals surface area contributed by atoms with Crippen molar-refractivity contribution in [3.05, 3.63) is 30.0 Å². The molecule has 2 rings (SSSR count). The minimum atomic E-state index is -0.992. The number of carboxylic acids is 1. The van der Waals surface area contributed by atoms with E-state index in [0.717, 1.165) is 31.3 Å². The van der Waals surface area contributed by atoms with Crippen LogP contribution >= 0.6 is 0 Å². The summed E-state index contributed by atoms with van der Waals surface area (Å²) in [5.74, 6) is -0.254. The molecule has 2 N–H and O–H groups in total. The Hall–Kier alpha value is -2.37. The van der Waals surface area contributed by atoms with E-state index < -0.39 is 5.97 Å². The molecule has 1 saturated heterocycles. The SMILES string of the molecule is CNC(=O)C1CCCN1c1ccc(/C=C/C(=O)O)cn1. The van der Waals surface area contributed by atoms with E-state index in [1.165, 1.54) is 6.08 Å². The summed E-state index contributed by atoms with van der Waals surface area (Å²) < 4.78 is 0. The number of anilines is 1. The second kappa shape index (κ2) is 6.18. The third-order valence-electron chi connectivity index (χ3n) is 3.29. The van der Waals surface area contributed by atoms with Crippen molar-refractivity contribution in [3.63, 3.8) is 0 Å². The van der Waals surface area contributed by atoms with Crippen molar-refractivity contribution in [1.29, 1.82) is 0 Å². The Kier molecular flexibility index (Phi) is 4.34. The van der Waals surface area contributed by atoms with E-state index in [1.807, 2.05) is 11.0 Å². The average molecular weight is 275 g/mol. The fourth-order valence-corrected chi connectivity index (χ4v) is 2.31. The monoisotopic (exact) mass is 275 g/mol. The van der Waals surface area contributed by atoms with Crippen LogP contribution in [0, 0.1) is 0 Å². The number of carbonyl (C=O) groups is 2. The molecule has 0 aromatic carbocycles. The highest BCUT2D eigenvalue weighted by atomic mass is 16.4. The van der Waals surface area contributed by atoms with Gasteiger partial charge in [-0.15, -0.1) is 0 Å². The zero-order chi connectivity index (χ0) is 14.5. The average Bonchev–Trinajstić information content (AvgIpc) is 2.94. The Balaban J connectivity index is 2.13. The molecule has 1 aliphatic heterocycles. The lowest BCUT2D eigenvalue weighted by molar-refractivity contribution is -0.131. The first-order valence-electron chi connectivity index (χ1n) is 6.47. The predicted octanol–water partition coefficient (Wildman–Crippen LogP) is 0.894. The maximum absolute atomic E-state index is 11.8. The summed E-state index contributed by atoms with van der Waals surface area (Å²) in [6, 6.07) is 3.43. The number of aromatic nitrogens is 1. The van der Waals surface area contributed by atoms with Gasteiger partial charge in [-0.05, 0) is 36.6 Å². The van der Waals surface area contributed by atoms with Crippen LogP contribution in [0.25, 0.3) is 6.08 Å². The van der Waals surface area contributed by atoms with Gasteiger partial charge in [-0.1, -0.05) is 0 Å². The van der Waals surface area contributed by atoms with Gasteiger partial charge in [0.2, 0.25) is 5.91 Å². The van der Waals surface area contributed by atoms with Gasteiger partial charge in [0.05, 0.1) is 0 Å².